The van der Waals surface area contributed by atoms with Gasteiger partial charge in [-0.1, -0.05) is 12.2 Å². The molecule has 0 N–H and O–H groups in total. The van der Waals surface area contributed by atoms with Crippen molar-refractivity contribution in [3.8, 4) is 0 Å². The molecule has 0 saturated heterocycles. The first kappa shape index (κ1) is 6.33. The van der Waals surface area contributed by atoms with E-state index in [0.29, 0.717) is 6.61 Å². The summed E-state index contributed by atoms with van der Waals surface area (Å²) in [5.41, 5.74) is 0. The molecular formula is C7H10O2. The molecule has 1 unspecified atom stereocenters. The molecule has 1 atom stereocenters. The molecule has 0 heterocycles. The lowest BCUT2D eigenvalue weighted by Gasteiger charge is -2.14. The predicted octanol–water partition coefficient (Wildman–Crippen LogP) is 1.13. The summed E-state index contributed by atoms with van der Waals surface area (Å²) in [6.07, 6.45) is 4.71. The summed E-state index contributed by atoms with van der Waals surface area (Å²) in [5.74, 6) is -0.0232. The van der Waals surface area contributed by atoms with Crippen molar-refractivity contribution in [2.75, 3.05) is 6.61 Å². The number of allylic oxidation sites excluding steroid dienone is 1. The normalized spacial score (nSPS) is 23.0. The molecular weight excluding hydrogens is 116 g/mol. The molecule has 0 saturated carbocycles. The van der Waals surface area contributed by atoms with Gasteiger partial charge in [0.1, 0.15) is 0 Å². The predicted molar refractivity (Wildman–Crippen MR) is 33.9 cm³/mol. The first-order valence-electron chi connectivity index (χ1n) is 3.18. The van der Waals surface area contributed by atoms with E-state index in [0.717, 1.165) is 6.42 Å². The van der Waals surface area contributed by atoms with Crippen molar-refractivity contribution in [3.63, 3.8) is 0 Å². The Kier molecular flexibility index (Phi) is 1.88. The summed E-state index contributed by atoms with van der Waals surface area (Å²) in [6.45, 7) is 2.31. The minimum Gasteiger partial charge on any atom is -0.466 e. The van der Waals surface area contributed by atoms with Gasteiger partial charge >= 0.3 is 5.97 Å². The Labute approximate surface area is 54.5 Å². The van der Waals surface area contributed by atoms with Crippen molar-refractivity contribution in [1.29, 1.82) is 0 Å². The van der Waals surface area contributed by atoms with Crippen LogP contribution in [-0.2, 0) is 9.53 Å². The van der Waals surface area contributed by atoms with Crippen LogP contribution in [0.15, 0.2) is 12.2 Å². The van der Waals surface area contributed by atoms with Gasteiger partial charge in [-0.15, -0.1) is 0 Å². The average molecular weight is 126 g/mol. The van der Waals surface area contributed by atoms with Crippen LogP contribution < -0.4 is 0 Å². The lowest BCUT2D eigenvalue weighted by Crippen LogP contribution is -2.19. The van der Waals surface area contributed by atoms with Crippen LogP contribution in [0.5, 0.6) is 0 Å². The Hall–Kier alpha value is -0.790. The lowest BCUT2D eigenvalue weighted by molar-refractivity contribution is -0.146. The molecule has 2 heteroatoms. The van der Waals surface area contributed by atoms with E-state index >= 15 is 0 Å². The van der Waals surface area contributed by atoms with E-state index in [9.17, 15) is 4.79 Å². The Morgan fingerprint density at radius 2 is 2.56 bits per heavy atom. The van der Waals surface area contributed by atoms with Crippen LogP contribution in [0.4, 0.5) is 0 Å². The van der Waals surface area contributed by atoms with E-state index in [4.69, 9.17) is 4.74 Å². The van der Waals surface area contributed by atoms with Gasteiger partial charge in [-0.25, -0.2) is 0 Å². The Morgan fingerprint density at radius 3 is 2.89 bits per heavy atom. The van der Waals surface area contributed by atoms with Crippen LogP contribution in [0, 0.1) is 5.92 Å². The van der Waals surface area contributed by atoms with Crippen molar-refractivity contribution in [2.45, 2.75) is 13.3 Å². The number of hydrogen-bond donors (Lipinski definition) is 0. The maximum absolute atomic E-state index is 10.8. The van der Waals surface area contributed by atoms with Gasteiger partial charge in [0.15, 0.2) is 0 Å². The fraction of sp³-hybridized carbons (Fsp3) is 0.571. The molecule has 0 fully saturated rings. The fourth-order valence-electron chi connectivity index (χ4n) is 0.696. The standard InChI is InChI=1S/C7H10O2/c1-2-9-7(8)6-4-3-5-6/h3-4,6H,2,5H2,1H3. The largest absolute Gasteiger partial charge is 0.466 e. The van der Waals surface area contributed by atoms with Gasteiger partial charge in [0.25, 0.3) is 0 Å². The molecule has 0 aromatic carbocycles. The maximum atomic E-state index is 10.8. The van der Waals surface area contributed by atoms with Crippen LogP contribution in [0.3, 0.4) is 0 Å². The molecule has 50 valence electrons. The second-order valence-electron chi connectivity index (χ2n) is 2.02. The minimum absolute atomic E-state index is 0.0601. The summed E-state index contributed by atoms with van der Waals surface area (Å²) < 4.78 is 4.76. The summed E-state index contributed by atoms with van der Waals surface area (Å²) in [6, 6.07) is 0. The van der Waals surface area contributed by atoms with Crippen LogP contribution in [-0.4, -0.2) is 12.6 Å². The molecule has 0 spiro atoms. The third-order valence-electron chi connectivity index (χ3n) is 1.35. The molecule has 1 aliphatic carbocycles. The quantitative estimate of drug-likeness (QED) is 0.409. The highest BCUT2D eigenvalue weighted by Gasteiger charge is 2.19. The number of rotatable bonds is 2. The van der Waals surface area contributed by atoms with Crippen LogP contribution in [0.1, 0.15) is 13.3 Å². The maximum Gasteiger partial charge on any atom is 0.313 e. The smallest absolute Gasteiger partial charge is 0.313 e. The zero-order chi connectivity index (χ0) is 6.69. The number of esters is 1. The van der Waals surface area contributed by atoms with E-state index in [1.54, 1.807) is 0 Å². The van der Waals surface area contributed by atoms with Crippen molar-refractivity contribution >= 4 is 5.97 Å². The monoisotopic (exact) mass is 126 g/mol. The highest BCUT2D eigenvalue weighted by Crippen LogP contribution is 2.17. The molecule has 1 rings (SSSR count). The van der Waals surface area contributed by atoms with Crippen molar-refractivity contribution in [2.24, 2.45) is 5.92 Å². The molecule has 0 radical (unpaired) electrons. The first-order valence-corrected chi connectivity index (χ1v) is 3.18. The van der Waals surface area contributed by atoms with Crippen LogP contribution in [0.25, 0.3) is 0 Å². The van der Waals surface area contributed by atoms with Crippen LogP contribution >= 0.6 is 0 Å². The molecule has 0 aromatic rings. The molecule has 0 bridgehead atoms. The van der Waals surface area contributed by atoms with Crippen molar-refractivity contribution in [1.82, 2.24) is 0 Å². The zero-order valence-electron chi connectivity index (χ0n) is 5.46. The first-order chi connectivity index (χ1) is 4.34. The van der Waals surface area contributed by atoms with Crippen molar-refractivity contribution in [3.05, 3.63) is 12.2 Å². The third kappa shape index (κ3) is 1.31. The molecule has 9 heavy (non-hydrogen) atoms. The van der Waals surface area contributed by atoms with Gasteiger partial charge in [-0.3, -0.25) is 4.79 Å². The van der Waals surface area contributed by atoms with E-state index in [-0.39, 0.29) is 11.9 Å². The Bertz CT molecular complexity index is 138. The summed E-state index contributed by atoms with van der Waals surface area (Å²) in [5, 5.41) is 0. The summed E-state index contributed by atoms with van der Waals surface area (Å²) >= 11 is 0. The molecule has 2 nitrogen and oxygen atoms in total. The van der Waals surface area contributed by atoms with E-state index < -0.39 is 0 Å². The number of carbonyl (C=O) groups is 1. The van der Waals surface area contributed by atoms with Gasteiger partial charge in [0.2, 0.25) is 0 Å². The number of hydrogen-bond acceptors (Lipinski definition) is 2. The molecule has 0 amide bonds. The highest BCUT2D eigenvalue weighted by molar-refractivity contribution is 5.76. The second kappa shape index (κ2) is 2.67. The Balaban J connectivity index is 2.26. The van der Waals surface area contributed by atoms with Gasteiger partial charge < -0.3 is 4.74 Å². The molecule has 0 aromatic heterocycles. The second-order valence-corrected chi connectivity index (χ2v) is 2.02. The Morgan fingerprint density at radius 1 is 1.89 bits per heavy atom. The molecule has 0 aliphatic heterocycles. The van der Waals surface area contributed by atoms with Gasteiger partial charge in [0.05, 0.1) is 12.5 Å². The summed E-state index contributed by atoms with van der Waals surface area (Å²) in [7, 11) is 0. The topological polar surface area (TPSA) is 26.3 Å². The van der Waals surface area contributed by atoms with E-state index in [2.05, 4.69) is 0 Å². The fourth-order valence-corrected chi connectivity index (χ4v) is 0.696. The van der Waals surface area contributed by atoms with Gasteiger partial charge in [-0.2, -0.15) is 0 Å². The van der Waals surface area contributed by atoms with E-state index in [1.807, 2.05) is 19.1 Å². The SMILES string of the molecule is CCOC(=O)C1C=CC1. The lowest BCUT2D eigenvalue weighted by atomic mass is 9.96. The van der Waals surface area contributed by atoms with E-state index in [1.165, 1.54) is 0 Å². The van der Waals surface area contributed by atoms with Gasteiger partial charge in [0, 0.05) is 0 Å². The number of ether oxygens (including phenoxy) is 1. The average Bonchev–Trinajstić information content (AvgIpc) is 1.60. The summed E-state index contributed by atoms with van der Waals surface area (Å²) in [4.78, 5) is 10.8. The molecule has 1 aliphatic rings. The zero-order valence-corrected chi connectivity index (χ0v) is 5.46. The number of carbonyl (C=O) groups excluding carboxylic acids is 1. The highest BCUT2D eigenvalue weighted by atomic mass is 16.5. The van der Waals surface area contributed by atoms with Crippen LogP contribution in [0.2, 0.25) is 0 Å². The van der Waals surface area contributed by atoms with Crippen molar-refractivity contribution < 1.29 is 9.53 Å². The van der Waals surface area contributed by atoms with Gasteiger partial charge in [-0.05, 0) is 13.3 Å². The third-order valence-corrected chi connectivity index (χ3v) is 1.35. The minimum atomic E-state index is -0.0833.